The largest absolute Gasteiger partial charge is 0.492 e. The molecule has 0 fully saturated rings. The van der Waals surface area contributed by atoms with Gasteiger partial charge in [-0.15, -0.1) is 24.0 Å². The van der Waals surface area contributed by atoms with Crippen molar-refractivity contribution in [1.82, 2.24) is 16.0 Å². The van der Waals surface area contributed by atoms with Crippen LogP contribution in [0.4, 0.5) is 0 Å². The molecule has 0 aliphatic heterocycles. The number of nitrogens with zero attached hydrogens (tertiary/aromatic N) is 1. The van der Waals surface area contributed by atoms with Crippen molar-refractivity contribution in [2.75, 3.05) is 26.7 Å². The van der Waals surface area contributed by atoms with Crippen LogP contribution in [0, 0.1) is 0 Å². The lowest BCUT2D eigenvalue weighted by atomic mass is 10.3. The maximum atomic E-state index is 11.5. The third kappa shape index (κ3) is 10.8. The minimum Gasteiger partial charge on any atom is -0.492 e. The molecule has 1 aromatic rings. The fourth-order valence-electron chi connectivity index (χ4n) is 1.76. The number of hydrogen-bond acceptors (Lipinski definition) is 3. The molecule has 0 aliphatic rings. The van der Waals surface area contributed by atoms with Crippen LogP contribution in [-0.4, -0.2) is 44.7 Å². The number of para-hydroxylation sites is 1. The predicted molar refractivity (Wildman–Crippen MR) is 105 cm³/mol. The summed E-state index contributed by atoms with van der Waals surface area (Å²) in [6.07, 6.45) is 0.416. The monoisotopic (exact) mass is 434 g/mol. The van der Waals surface area contributed by atoms with Gasteiger partial charge in [-0.05, 0) is 26.0 Å². The first-order valence-corrected chi connectivity index (χ1v) is 7.53. The van der Waals surface area contributed by atoms with Gasteiger partial charge < -0.3 is 20.7 Å². The SMILES string of the molecule is CN=C(NCCOc1ccccc1)NCCC(=O)NC(C)C.I. The second kappa shape index (κ2) is 13.0. The van der Waals surface area contributed by atoms with E-state index >= 15 is 0 Å². The van der Waals surface area contributed by atoms with E-state index in [1.165, 1.54) is 0 Å². The zero-order valence-electron chi connectivity index (χ0n) is 14.0. The van der Waals surface area contributed by atoms with Crippen molar-refractivity contribution in [2.45, 2.75) is 26.3 Å². The first-order valence-electron chi connectivity index (χ1n) is 7.53. The van der Waals surface area contributed by atoms with E-state index in [0.717, 1.165) is 5.75 Å². The molecule has 6 nitrogen and oxygen atoms in total. The Morgan fingerprint density at radius 1 is 1.17 bits per heavy atom. The number of hydrogen-bond donors (Lipinski definition) is 3. The third-order valence-corrected chi connectivity index (χ3v) is 2.72. The number of aliphatic imine (C=N–C) groups is 1. The van der Waals surface area contributed by atoms with Gasteiger partial charge in [0.25, 0.3) is 0 Å². The highest BCUT2D eigenvalue weighted by Crippen LogP contribution is 2.07. The van der Waals surface area contributed by atoms with E-state index in [1.807, 2.05) is 44.2 Å². The van der Waals surface area contributed by atoms with Crippen LogP contribution in [0.3, 0.4) is 0 Å². The number of benzene rings is 1. The standard InChI is InChI=1S/C16H26N4O2.HI/c1-13(2)20-15(21)9-10-18-16(17-3)19-11-12-22-14-7-5-4-6-8-14;/h4-8,13H,9-12H2,1-3H3,(H,20,21)(H2,17,18,19);1H. The van der Waals surface area contributed by atoms with Gasteiger partial charge in [0.1, 0.15) is 12.4 Å². The Morgan fingerprint density at radius 2 is 1.83 bits per heavy atom. The molecule has 23 heavy (non-hydrogen) atoms. The first kappa shape index (κ1) is 21.5. The summed E-state index contributed by atoms with van der Waals surface area (Å²) in [5.41, 5.74) is 0. The zero-order chi connectivity index (χ0) is 16.2. The van der Waals surface area contributed by atoms with Crippen LogP contribution < -0.4 is 20.7 Å². The van der Waals surface area contributed by atoms with Gasteiger partial charge in [-0.1, -0.05) is 18.2 Å². The molecule has 1 aromatic carbocycles. The smallest absolute Gasteiger partial charge is 0.221 e. The van der Waals surface area contributed by atoms with Crippen LogP contribution in [0.15, 0.2) is 35.3 Å². The summed E-state index contributed by atoms with van der Waals surface area (Å²) in [6.45, 7) is 5.60. The Kier molecular flexibility index (Phi) is 12.1. The van der Waals surface area contributed by atoms with Crippen molar-refractivity contribution < 1.29 is 9.53 Å². The van der Waals surface area contributed by atoms with E-state index in [0.29, 0.717) is 32.1 Å². The lowest BCUT2D eigenvalue weighted by molar-refractivity contribution is -0.121. The molecule has 3 N–H and O–H groups in total. The second-order valence-corrected chi connectivity index (χ2v) is 5.06. The summed E-state index contributed by atoms with van der Waals surface area (Å²) in [6, 6.07) is 9.82. The lowest BCUT2D eigenvalue weighted by Gasteiger charge is -2.13. The minimum atomic E-state index is 0. The third-order valence-electron chi connectivity index (χ3n) is 2.72. The molecule has 1 amide bonds. The van der Waals surface area contributed by atoms with Gasteiger partial charge in [0.15, 0.2) is 5.96 Å². The van der Waals surface area contributed by atoms with Crippen molar-refractivity contribution >= 4 is 35.8 Å². The molecule has 0 spiro atoms. The van der Waals surface area contributed by atoms with Crippen molar-refractivity contribution in [3.05, 3.63) is 30.3 Å². The number of carbonyl (C=O) groups is 1. The van der Waals surface area contributed by atoms with Crippen molar-refractivity contribution in [3.63, 3.8) is 0 Å². The summed E-state index contributed by atoms with van der Waals surface area (Å²) in [7, 11) is 1.70. The molecule has 0 aromatic heterocycles. The normalized spacial score (nSPS) is 10.7. The van der Waals surface area contributed by atoms with Crippen LogP contribution in [0.1, 0.15) is 20.3 Å². The molecule has 0 radical (unpaired) electrons. The summed E-state index contributed by atoms with van der Waals surface area (Å²) in [4.78, 5) is 15.6. The fourth-order valence-corrected chi connectivity index (χ4v) is 1.76. The number of ether oxygens (including phenoxy) is 1. The second-order valence-electron chi connectivity index (χ2n) is 5.06. The Hall–Kier alpha value is -1.51. The minimum absolute atomic E-state index is 0. The number of carbonyl (C=O) groups excluding carboxylic acids is 1. The van der Waals surface area contributed by atoms with Gasteiger partial charge in [0.05, 0.1) is 6.54 Å². The molecule has 130 valence electrons. The number of amides is 1. The molecular weight excluding hydrogens is 407 g/mol. The Bertz CT molecular complexity index is 466. The number of rotatable bonds is 8. The quantitative estimate of drug-likeness (QED) is 0.252. The summed E-state index contributed by atoms with van der Waals surface area (Å²) in [5.74, 6) is 1.54. The van der Waals surface area contributed by atoms with Crippen LogP contribution >= 0.6 is 24.0 Å². The van der Waals surface area contributed by atoms with Gasteiger partial charge in [0, 0.05) is 26.1 Å². The van der Waals surface area contributed by atoms with E-state index < -0.39 is 0 Å². The van der Waals surface area contributed by atoms with Gasteiger partial charge in [-0.2, -0.15) is 0 Å². The Labute approximate surface area is 155 Å². The van der Waals surface area contributed by atoms with E-state index in [-0.39, 0.29) is 35.9 Å². The average molecular weight is 434 g/mol. The van der Waals surface area contributed by atoms with Crippen molar-refractivity contribution in [3.8, 4) is 5.75 Å². The zero-order valence-corrected chi connectivity index (χ0v) is 16.3. The molecule has 7 heteroatoms. The number of guanidine groups is 1. The Morgan fingerprint density at radius 3 is 2.43 bits per heavy atom. The topological polar surface area (TPSA) is 74.8 Å². The van der Waals surface area contributed by atoms with Gasteiger partial charge >= 0.3 is 0 Å². The predicted octanol–water partition coefficient (Wildman–Crippen LogP) is 1.76. The maximum Gasteiger partial charge on any atom is 0.221 e. The van der Waals surface area contributed by atoms with Gasteiger partial charge in [0.2, 0.25) is 5.91 Å². The van der Waals surface area contributed by atoms with Crippen molar-refractivity contribution in [1.29, 1.82) is 0 Å². The molecule has 0 saturated carbocycles. The number of halogens is 1. The molecule has 1 rings (SSSR count). The molecule has 0 aliphatic carbocycles. The van der Waals surface area contributed by atoms with Gasteiger partial charge in [-0.25, -0.2) is 0 Å². The lowest BCUT2D eigenvalue weighted by Crippen LogP contribution is -2.41. The molecule has 0 saturated heterocycles. The average Bonchev–Trinajstić information content (AvgIpc) is 2.50. The molecule has 0 heterocycles. The summed E-state index contributed by atoms with van der Waals surface area (Å²) in [5, 5.41) is 9.08. The van der Waals surface area contributed by atoms with Gasteiger partial charge in [-0.3, -0.25) is 9.79 Å². The molecule has 0 bridgehead atoms. The fraction of sp³-hybridized carbons (Fsp3) is 0.500. The van der Waals surface area contributed by atoms with Crippen LogP contribution in [0.5, 0.6) is 5.75 Å². The Balaban J connectivity index is 0.00000484. The first-order chi connectivity index (χ1) is 10.6. The highest BCUT2D eigenvalue weighted by atomic mass is 127. The van der Waals surface area contributed by atoms with Crippen molar-refractivity contribution in [2.24, 2.45) is 4.99 Å². The summed E-state index contributed by atoms with van der Waals surface area (Å²) >= 11 is 0. The van der Waals surface area contributed by atoms with Crippen LogP contribution in [0.2, 0.25) is 0 Å². The van der Waals surface area contributed by atoms with E-state index in [2.05, 4.69) is 20.9 Å². The van der Waals surface area contributed by atoms with Crippen LogP contribution in [0.25, 0.3) is 0 Å². The molecule has 0 atom stereocenters. The van der Waals surface area contributed by atoms with E-state index in [4.69, 9.17) is 4.74 Å². The summed E-state index contributed by atoms with van der Waals surface area (Å²) < 4.78 is 5.58. The molecular formula is C16H27IN4O2. The van der Waals surface area contributed by atoms with E-state index in [9.17, 15) is 4.79 Å². The van der Waals surface area contributed by atoms with Crippen LogP contribution in [-0.2, 0) is 4.79 Å². The highest BCUT2D eigenvalue weighted by Gasteiger charge is 2.03. The maximum absolute atomic E-state index is 11.5. The number of nitrogens with one attached hydrogen (secondary N) is 3. The van der Waals surface area contributed by atoms with E-state index in [1.54, 1.807) is 7.05 Å². The molecule has 0 unspecified atom stereocenters. The highest BCUT2D eigenvalue weighted by molar-refractivity contribution is 14.0.